The Hall–Kier alpha value is -0.570. The van der Waals surface area contributed by atoms with Gasteiger partial charge in [-0.3, -0.25) is 4.79 Å². The lowest BCUT2D eigenvalue weighted by Crippen LogP contribution is -2.45. The molecule has 0 aromatic rings. The molecule has 0 spiro atoms. The SMILES string of the molecule is CCN(C(=O)CCCCO)C(C)(C)C. The number of rotatable bonds is 5. The van der Waals surface area contributed by atoms with Crippen LogP contribution in [0.2, 0.25) is 0 Å². The molecule has 3 nitrogen and oxygen atoms in total. The van der Waals surface area contributed by atoms with E-state index in [-0.39, 0.29) is 18.1 Å². The molecule has 0 aliphatic heterocycles. The minimum atomic E-state index is -0.0922. The predicted octanol–water partition coefficient (Wildman–Crippen LogP) is 1.80. The predicted molar refractivity (Wildman–Crippen MR) is 58.1 cm³/mol. The Labute approximate surface area is 87.1 Å². The highest BCUT2D eigenvalue weighted by molar-refractivity contribution is 5.76. The maximum absolute atomic E-state index is 11.7. The van der Waals surface area contributed by atoms with Gasteiger partial charge in [-0.15, -0.1) is 0 Å². The number of unbranched alkanes of at least 4 members (excludes halogenated alkanes) is 1. The van der Waals surface area contributed by atoms with Crippen molar-refractivity contribution in [2.75, 3.05) is 13.2 Å². The monoisotopic (exact) mass is 201 g/mol. The van der Waals surface area contributed by atoms with Gasteiger partial charge < -0.3 is 10.0 Å². The standard InChI is InChI=1S/C11H23NO2/c1-5-12(11(2,3)4)10(14)8-6-7-9-13/h13H,5-9H2,1-4H3. The Morgan fingerprint density at radius 2 is 1.86 bits per heavy atom. The molecular weight excluding hydrogens is 178 g/mol. The Kier molecular flexibility index (Phi) is 5.77. The first-order valence-electron chi connectivity index (χ1n) is 5.34. The largest absolute Gasteiger partial charge is 0.396 e. The van der Waals surface area contributed by atoms with E-state index in [1.54, 1.807) is 0 Å². The van der Waals surface area contributed by atoms with Gasteiger partial charge >= 0.3 is 0 Å². The second-order valence-corrected chi connectivity index (χ2v) is 4.49. The van der Waals surface area contributed by atoms with Gasteiger partial charge in [-0.1, -0.05) is 0 Å². The van der Waals surface area contributed by atoms with Crippen LogP contribution >= 0.6 is 0 Å². The summed E-state index contributed by atoms with van der Waals surface area (Å²) in [7, 11) is 0. The molecule has 0 bridgehead atoms. The normalized spacial score (nSPS) is 11.5. The molecule has 0 saturated heterocycles. The average Bonchev–Trinajstić information content (AvgIpc) is 2.03. The van der Waals surface area contributed by atoms with Crippen molar-refractivity contribution in [3.8, 4) is 0 Å². The summed E-state index contributed by atoms with van der Waals surface area (Å²) in [5.74, 6) is 0.188. The first-order valence-corrected chi connectivity index (χ1v) is 5.34. The zero-order valence-corrected chi connectivity index (χ0v) is 9.84. The second-order valence-electron chi connectivity index (χ2n) is 4.49. The van der Waals surface area contributed by atoms with E-state index in [0.29, 0.717) is 12.8 Å². The summed E-state index contributed by atoms with van der Waals surface area (Å²) in [6.45, 7) is 9.05. The van der Waals surface area contributed by atoms with Gasteiger partial charge in [-0.05, 0) is 40.5 Å². The number of aliphatic hydroxyl groups excluding tert-OH is 1. The molecular formula is C11H23NO2. The van der Waals surface area contributed by atoms with E-state index >= 15 is 0 Å². The maximum atomic E-state index is 11.7. The molecule has 0 atom stereocenters. The highest BCUT2D eigenvalue weighted by Gasteiger charge is 2.23. The molecule has 1 amide bonds. The molecule has 0 aromatic carbocycles. The van der Waals surface area contributed by atoms with E-state index in [4.69, 9.17) is 5.11 Å². The van der Waals surface area contributed by atoms with Crippen LogP contribution in [0.25, 0.3) is 0 Å². The van der Waals surface area contributed by atoms with Gasteiger partial charge in [0.25, 0.3) is 0 Å². The molecule has 0 rings (SSSR count). The average molecular weight is 201 g/mol. The molecule has 14 heavy (non-hydrogen) atoms. The summed E-state index contributed by atoms with van der Waals surface area (Å²) < 4.78 is 0. The molecule has 0 radical (unpaired) electrons. The van der Waals surface area contributed by atoms with Gasteiger partial charge in [0.2, 0.25) is 5.91 Å². The summed E-state index contributed by atoms with van der Waals surface area (Å²) in [6, 6.07) is 0. The lowest BCUT2D eigenvalue weighted by molar-refractivity contribution is -0.135. The fourth-order valence-electron chi connectivity index (χ4n) is 1.55. The van der Waals surface area contributed by atoms with E-state index in [2.05, 4.69) is 0 Å². The lowest BCUT2D eigenvalue weighted by Gasteiger charge is -2.35. The van der Waals surface area contributed by atoms with E-state index in [0.717, 1.165) is 13.0 Å². The summed E-state index contributed by atoms with van der Waals surface area (Å²) in [6.07, 6.45) is 2.04. The van der Waals surface area contributed by atoms with Crippen molar-refractivity contribution >= 4 is 5.91 Å². The van der Waals surface area contributed by atoms with Crippen molar-refractivity contribution in [2.24, 2.45) is 0 Å². The first-order chi connectivity index (χ1) is 6.43. The zero-order chi connectivity index (χ0) is 11.2. The highest BCUT2D eigenvalue weighted by atomic mass is 16.3. The molecule has 84 valence electrons. The van der Waals surface area contributed by atoms with Crippen LogP contribution in [0.5, 0.6) is 0 Å². The fraction of sp³-hybridized carbons (Fsp3) is 0.909. The van der Waals surface area contributed by atoms with Crippen molar-refractivity contribution in [1.82, 2.24) is 4.90 Å². The zero-order valence-electron chi connectivity index (χ0n) is 9.84. The number of amides is 1. The van der Waals surface area contributed by atoms with Crippen LogP contribution in [-0.2, 0) is 4.79 Å². The van der Waals surface area contributed by atoms with Crippen molar-refractivity contribution in [3.63, 3.8) is 0 Å². The summed E-state index contributed by atoms with van der Waals surface area (Å²) in [4.78, 5) is 13.6. The van der Waals surface area contributed by atoms with Crippen LogP contribution in [0.1, 0.15) is 47.0 Å². The lowest BCUT2D eigenvalue weighted by atomic mass is 10.0. The number of carbonyl (C=O) groups excluding carboxylic acids is 1. The number of hydrogen-bond donors (Lipinski definition) is 1. The third-order valence-corrected chi connectivity index (χ3v) is 2.23. The summed E-state index contributed by atoms with van der Waals surface area (Å²) in [5, 5.41) is 8.61. The van der Waals surface area contributed by atoms with Gasteiger partial charge in [-0.25, -0.2) is 0 Å². The minimum absolute atomic E-state index is 0.0922. The minimum Gasteiger partial charge on any atom is -0.396 e. The Morgan fingerprint density at radius 3 is 2.21 bits per heavy atom. The third kappa shape index (κ3) is 4.61. The van der Waals surface area contributed by atoms with Crippen molar-refractivity contribution < 1.29 is 9.90 Å². The molecule has 0 fully saturated rings. The number of aliphatic hydroxyl groups is 1. The number of nitrogens with zero attached hydrogens (tertiary/aromatic N) is 1. The first kappa shape index (κ1) is 13.4. The molecule has 0 saturated carbocycles. The Morgan fingerprint density at radius 1 is 1.29 bits per heavy atom. The van der Waals surface area contributed by atoms with E-state index in [1.807, 2.05) is 32.6 Å². The van der Waals surface area contributed by atoms with Crippen LogP contribution in [0, 0.1) is 0 Å². The van der Waals surface area contributed by atoms with Crippen LogP contribution in [0.15, 0.2) is 0 Å². The summed E-state index contributed by atoms with van der Waals surface area (Å²) in [5.41, 5.74) is -0.0922. The smallest absolute Gasteiger partial charge is 0.222 e. The van der Waals surface area contributed by atoms with Crippen LogP contribution in [0.3, 0.4) is 0 Å². The molecule has 0 unspecified atom stereocenters. The van der Waals surface area contributed by atoms with Gasteiger partial charge in [0, 0.05) is 25.1 Å². The number of carbonyl (C=O) groups is 1. The molecule has 0 aliphatic rings. The van der Waals surface area contributed by atoms with Crippen molar-refractivity contribution in [3.05, 3.63) is 0 Å². The van der Waals surface area contributed by atoms with Crippen molar-refractivity contribution in [2.45, 2.75) is 52.5 Å². The van der Waals surface area contributed by atoms with Gasteiger partial charge in [-0.2, -0.15) is 0 Å². The number of hydrogen-bond acceptors (Lipinski definition) is 2. The highest BCUT2D eigenvalue weighted by Crippen LogP contribution is 2.15. The van der Waals surface area contributed by atoms with Crippen LogP contribution in [0.4, 0.5) is 0 Å². The summed E-state index contributed by atoms with van der Waals surface area (Å²) >= 11 is 0. The molecule has 0 heterocycles. The van der Waals surface area contributed by atoms with E-state index in [9.17, 15) is 4.79 Å². The van der Waals surface area contributed by atoms with Gasteiger partial charge in [0.1, 0.15) is 0 Å². The van der Waals surface area contributed by atoms with Crippen molar-refractivity contribution in [1.29, 1.82) is 0 Å². The van der Waals surface area contributed by atoms with Crippen LogP contribution in [-0.4, -0.2) is 34.6 Å². The van der Waals surface area contributed by atoms with Crippen LogP contribution < -0.4 is 0 Å². The fourth-order valence-corrected chi connectivity index (χ4v) is 1.55. The quantitative estimate of drug-likeness (QED) is 0.689. The molecule has 0 aliphatic carbocycles. The maximum Gasteiger partial charge on any atom is 0.222 e. The second kappa shape index (κ2) is 6.02. The van der Waals surface area contributed by atoms with Gasteiger partial charge in [0.05, 0.1) is 0 Å². The van der Waals surface area contributed by atoms with E-state index < -0.39 is 0 Å². The molecule has 3 heteroatoms. The Bertz CT molecular complexity index is 173. The van der Waals surface area contributed by atoms with E-state index in [1.165, 1.54) is 0 Å². The van der Waals surface area contributed by atoms with Gasteiger partial charge in [0.15, 0.2) is 0 Å². The topological polar surface area (TPSA) is 40.5 Å². The molecule has 0 aromatic heterocycles. The molecule has 1 N–H and O–H groups in total. The Balaban J connectivity index is 4.06. The third-order valence-electron chi connectivity index (χ3n) is 2.23.